The zero-order chi connectivity index (χ0) is 21.4. The minimum atomic E-state index is -0.670. The monoisotopic (exact) mass is 417 g/mol. The highest BCUT2D eigenvalue weighted by Gasteiger charge is 2.23. The molecule has 0 spiro atoms. The van der Waals surface area contributed by atoms with Gasteiger partial charge in [-0.1, -0.05) is 53.2 Å². The van der Waals surface area contributed by atoms with Crippen molar-refractivity contribution in [3.05, 3.63) is 64.0 Å². The second-order valence-electron chi connectivity index (χ2n) is 7.60. The van der Waals surface area contributed by atoms with Gasteiger partial charge in [-0.25, -0.2) is 0 Å². The normalized spacial score (nSPS) is 12.1. The highest BCUT2D eigenvalue weighted by atomic mass is 35.5. The molecule has 2 rings (SSSR count). The lowest BCUT2D eigenvalue weighted by Crippen LogP contribution is -2.24. The van der Waals surface area contributed by atoms with Crippen molar-refractivity contribution >= 4 is 23.5 Å². The first-order valence-electron chi connectivity index (χ1n) is 9.22. The topological polar surface area (TPSA) is 82.0 Å². The molecule has 0 bridgehead atoms. The van der Waals surface area contributed by atoms with Crippen molar-refractivity contribution in [3.8, 4) is 11.1 Å². The predicted octanol–water partition coefficient (Wildman–Crippen LogP) is 5.68. The first kappa shape index (κ1) is 22.6. The Hall–Kier alpha value is -2.73. The Labute approximate surface area is 175 Å². The first-order valence-corrected chi connectivity index (χ1v) is 9.59. The van der Waals surface area contributed by atoms with Gasteiger partial charge in [-0.3, -0.25) is 9.59 Å². The maximum atomic E-state index is 11.8. The molecule has 0 aliphatic carbocycles. The molecule has 0 aromatic heterocycles. The van der Waals surface area contributed by atoms with Crippen LogP contribution in [0.2, 0.25) is 5.02 Å². The van der Waals surface area contributed by atoms with Crippen LogP contribution in [0.4, 0.5) is 0 Å². The van der Waals surface area contributed by atoms with E-state index in [1.165, 1.54) is 0 Å². The van der Waals surface area contributed by atoms with Crippen LogP contribution in [-0.4, -0.2) is 18.7 Å². The Morgan fingerprint density at radius 1 is 0.966 bits per heavy atom. The van der Waals surface area contributed by atoms with Crippen molar-refractivity contribution in [1.82, 2.24) is 0 Å². The summed E-state index contributed by atoms with van der Waals surface area (Å²) in [4.78, 5) is 34.7. The van der Waals surface area contributed by atoms with Gasteiger partial charge in [0, 0.05) is 11.4 Å². The van der Waals surface area contributed by atoms with Crippen molar-refractivity contribution in [2.45, 2.75) is 39.7 Å². The lowest BCUT2D eigenvalue weighted by atomic mass is 9.98. The second kappa shape index (κ2) is 10.2. The average molecular weight is 418 g/mol. The van der Waals surface area contributed by atoms with Crippen molar-refractivity contribution in [1.29, 1.82) is 0 Å². The molecule has 2 aromatic rings. The number of benzene rings is 2. The van der Waals surface area contributed by atoms with Crippen LogP contribution in [0, 0.1) is 10.3 Å². The highest BCUT2D eigenvalue weighted by molar-refractivity contribution is 6.30. The number of ether oxygens (including phenoxy) is 2. The lowest BCUT2D eigenvalue weighted by molar-refractivity contribution is -0.173. The Morgan fingerprint density at radius 2 is 1.52 bits per heavy atom. The molecule has 7 heteroatoms. The van der Waals surface area contributed by atoms with Crippen LogP contribution in [0.3, 0.4) is 0 Å². The van der Waals surface area contributed by atoms with Crippen molar-refractivity contribution < 1.29 is 19.1 Å². The van der Waals surface area contributed by atoms with Crippen LogP contribution < -0.4 is 0 Å². The fourth-order valence-corrected chi connectivity index (χ4v) is 2.64. The van der Waals surface area contributed by atoms with Gasteiger partial charge in [0.2, 0.25) is 6.79 Å². The fourth-order valence-electron chi connectivity index (χ4n) is 2.51. The van der Waals surface area contributed by atoms with Gasteiger partial charge in [-0.15, -0.1) is 0 Å². The molecule has 0 saturated carbocycles. The summed E-state index contributed by atoms with van der Waals surface area (Å²) in [6.07, 6.45) is 0.193. The number of esters is 2. The molecule has 2 aromatic carbocycles. The third kappa shape index (κ3) is 6.98. The van der Waals surface area contributed by atoms with E-state index in [1.807, 2.05) is 48.5 Å². The number of carbonyl (C=O) groups is 2. The Kier molecular flexibility index (Phi) is 7.91. The molecule has 0 aliphatic heterocycles. The molecule has 154 valence electrons. The molecule has 0 N–H and O–H groups in total. The van der Waals surface area contributed by atoms with Crippen LogP contribution in [0.5, 0.6) is 0 Å². The molecular formula is C22H24ClNO5. The third-order valence-corrected chi connectivity index (χ3v) is 4.50. The third-order valence-electron chi connectivity index (χ3n) is 4.24. The molecule has 0 aliphatic rings. The van der Waals surface area contributed by atoms with Crippen LogP contribution >= 0.6 is 11.6 Å². The minimum absolute atomic E-state index is 0.0115. The van der Waals surface area contributed by atoms with E-state index in [-0.39, 0.29) is 12.8 Å². The summed E-state index contributed by atoms with van der Waals surface area (Å²) in [5.41, 5.74) is 2.03. The van der Waals surface area contributed by atoms with E-state index < -0.39 is 30.2 Å². The van der Waals surface area contributed by atoms with Crippen LogP contribution in [0.25, 0.3) is 11.1 Å². The molecule has 6 nitrogen and oxygen atoms in total. The first-order chi connectivity index (χ1) is 13.7. The lowest BCUT2D eigenvalue weighted by Gasteiger charge is -2.16. The summed E-state index contributed by atoms with van der Waals surface area (Å²) in [5, 5.41) is 3.79. The van der Waals surface area contributed by atoms with Gasteiger partial charge in [0.15, 0.2) is 0 Å². The minimum Gasteiger partial charge on any atom is -0.428 e. The van der Waals surface area contributed by atoms with Crippen LogP contribution in [0.1, 0.15) is 45.2 Å². The SMILES string of the molecule is CC(C)(C)C(=O)OCOC(=O)CCC(N=O)c1ccc(-c2ccc(Cl)cc2)cc1. The summed E-state index contributed by atoms with van der Waals surface area (Å²) in [7, 11) is 0. The number of rotatable bonds is 8. The van der Waals surface area contributed by atoms with E-state index >= 15 is 0 Å². The van der Waals surface area contributed by atoms with Gasteiger partial charge >= 0.3 is 11.9 Å². The molecule has 0 heterocycles. The van der Waals surface area contributed by atoms with Gasteiger partial charge in [-0.05, 0) is 56.0 Å². The zero-order valence-corrected chi connectivity index (χ0v) is 17.4. The molecule has 0 radical (unpaired) electrons. The number of nitroso groups, excluding NO2 is 1. The van der Waals surface area contributed by atoms with Crippen molar-refractivity contribution in [2.24, 2.45) is 10.6 Å². The maximum Gasteiger partial charge on any atom is 0.314 e. The molecular weight excluding hydrogens is 394 g/mol. The Bertz CT molecular complexity index is 841. The van der Waals surface area contributed by atoms with E-state index in [0.717, 1.165) is 11.1 Å². The number of halogens is 1. The summed E-state index contributed by atoms with van der Waals surface area (Å²) < 4.78 is 9.77. The number of carbonyl (C=O) groups excluding carboxylic acids is 2. The van der Waals surface area contributed by atoms with E-state index in [1.54, 1.807) is 20.8 Å². The molecule has 1 unspecified atom stereocenters. The summed E-state index contributed by atoms with van der Waals surface area (Å²) in [6, 6.07) is 14.2. The quantitative estimate of drug-likeness (QED) is 0.313. The fraction of sp³-hybridized carbons (Fsp3) is 0.364. The number of hydrogen-bond acceptors (Lipinski definition) is 6. The van der Waals surface area contributed by atoms with Gasteiger partial charge in [0.25, 0.3) is 0 Å². The Morgan fingerprint density at radius 3 is 2.03 bits per heavy atom. The maximum absolute atomic E-state index is 11.8. The smallest absolute Gasteiger partial charge is 0.314 e. The average Bonchev–Trinajstić information content (AvgIpc) is 2.69. The summed E-state index contributed by atoms with van der Waals surface area (Å²) >= 11 is 5.90. The van der Waals surface area contributed by atoms with E-state index in [4.69, 9.17) is 21.1 Å². The largest absolute Gasteiger partial charge is 0.428 e. The zero-order valence-electron chi connectivity index (χ0n) is 16.7. The number of nitrogens with zero attached hydrogens (tertiary/aromatic N) is 1. The molecule has 0 fully saturated rings. The van der Waals surface area contributed by atoms with Gasteiger partial charge < -0.3 is 9.47 Å². The van der Waals surface area contributed by atoms with Crippen molar-refractivity contribution in [3.63, 3.8) is 0 Å². The van der Waals surface area contributed by atoms with Crippen LogP contribution in [0.15, 0.2) is 53.7 Å². The van der Waals surface area contributed by atoms with Gasteiger partial charge in [0.1, 0.15) is 6.04 Å². The highest BCUT2D eigenvalue weighted by Crippen LogP contribution is 2.27. The molecule has 0 amide bonds. The molecule has 1 atom stereocenters. The summed E-state index contributed by atoms with van der Waals surface area (Å²) in [6.45, 7) is 4.67. The standard InChI is InChI=1S/C22H24ClNO5/c1-22(2,3)21(26)29-14-28-20(25)13-12-19(24-27)17-6-4-15(5-7-17)16-8-10-18(23)11-9-16/h4-11,19H,12-14H2,1-3H3. The van der Waals surface area contributed by atoms with Crippen molar-refractivity contribution in [2.75, 3.05) is 6.79 Å². The number of hydrogen-bond donors (Lipinski definition) is 0. The van der Waals surface area contributed by atoms with E-state index in [9.17, 15) is 14.5 Å². The second-order valence-corrected chi connectivity index (χ2v) is 8.04. The van der Waals surface area contributed by atoms with Gasteiger partial charge in [-0.2, -0.15) is 4.91 Å². The van der Waals surface area contributed by atoms with E-state index in [0.29, 0.717) is 10.6 Å². The summed E-state index contributed by atoms with van der Waals surface area (Å²) in [5.74, 6) is -1.02. The predicted molar refractivity (Wildman–Crippen MR) is 111 cm³/mol. The van der Waals surface area contributed by atoms with E-state index in [2.05, 4.69) is 5.18 Å². The van der Waals surface area contributed by atoms with Crippen LogP contribution in [-0.2, 0) is 19.1 Å². The van der Waals surface area contributed by atoms with Gasteiger partial charge in [0.05, 0.1) is 5.41 Å². The molecule has 0 saturated heterocycles. The Balaban J connectivity index is 1.86. The molecule has 29 heavy (non-hydrogen) atoms.